The van der Waals surface area contributed by atoms with Crippen LogP contribution in [-0.4, -0.2) is 51.3 Å². The Labute approximate surface area is 123 Å². The predicted molar refractivity (Wildman–Crippen MR) is 78.0 cm³/mol. The summed E-state index contributed by atoms with van der Waals surface area (Å²) in [7, 11) is 0. The Morgan fingerprint density at radius 1 is 1.48 bits per heavy atom. The van der Waals surface area contributed by atoms with E-state index in [2.05, 4.69) is 10.4 Å². The number of carbonyl (C=O) groups excluding carboxylic acids is 1. The molecule has 1 saturated carbocycles. The molecule has 1 amide bonds. The van der Waals surface area contributed by atoms with E-state index in [4.69, 9.17) is 5.11 Å². The maximum Gasteiger partial charge on any atom is 0.317 e. The first-order chi connectivity index (χ1) is 9.95. The lowest BCUT2D eigenvalue weighted by Gasteiger charge is -2.20. The SMILES string of the molecule is CC(C)n1nccc1NC(=O)CN(CC(=O)O)CC1CC1. The molecule has 2 N–H and O–H groups in total. The van der Waals surface area contributed by atoms with E-state index in [1.807, 2.05) is 13.8 Å². The topological polar surface area (TPSA) is 87.5 Å². The number of hydrogen-bond donors (Lipinski definition) is 2. The molecule has 0 saturated heterocycles. The lowest BCUT2D eigenvalue weighted by Crippen LogP contribution is -2.38. The van der Waals surface area contributed by atoms with Gasteiger partial charge < -0.3 is 10.4 Å². The maximum absolute atomic E-state index is 12.1. The third kappa shape index (κ3) is 4.86. The Bertz CT molecular complexity index is 508. The van der Waals surface area contributed by atoms with Crippen molar-refractivity contribution in [3.8, 4) is 0 Å². The number of anilines is 1. The summed E-state index contributed by atoms with van der Waals surface area (Å²) in [5.74, 6) is 0.0602. The maximum atomic E-state index is 12.1. The third-order valence-corrected chi connectivity index (χ3v) is 3.37. The summed E-state index contributed by atoms with van der Waals surface area (Å²) in [5, 5.41) is 15.9. The van der Waals surface area contributed by atoms with E-state index in [9.17, 15) is 9.59 Å². The summed E-state index contributed by atoms with van der Waals surface area (Å²) in [5.41, 5.74) is 0. The van der Waals surface area contributed by atoms with Crippen molar-refractivity contribution in [3.05, 3.63) is 12.3 Å². The second kappa shape index (κ2) is 6.71. The Balaban J connectivity index is 1.91. The van der Waals surface area contributed by atoms with E-state index in [0.717, 1.165) is 12.8 Å². The van der Waals surface area contributed by atoms with Gasteiger partial charge in [-0.1, -0.05) is 0 Å². The second-order valence-corrected chi connectivity index (χ2v) is 5.81. The fourth-order valence-electron chi connectivity index (χ4n) is 2.25. The molecule has 2 rings (SSSR count). The third-order valence-electron chi connectivity index (χ3n) is 3.37. The zero-order valence-corrected chi connectivity index (χ0v) is 12.5. The molecule has 1 aromatic heterocycles. The van der Waals surface area contributed by atoms with Crippen LogP contribution in [0, 0.1) is 5.92 Å². The van der Waals surface area contributed by atoms with Crippen LogP contribution in [0.15, 0.2) is 12.3 Å². The highest BCUT2D eigenvalue weighted by molar-refractivity contribution is 5.91. The molecule has 1 aliphatic carbocycles. The minimum absolute atomic E-state index is 0.0894. The first-order valence-electron chi connectivity index (χ1n) is 7.23. The molecule has 1 fully saturated rings. The Hall–Kier alpha value is -1.89. The van der Waals surface area contributed by atoms with E-state index in [1.165, 1.54) is 0 Å². The largest absolute Gasteiger partial charge is 0.480 e. The van der Waals surface area contributed by atoms with Gasteiger partial charge in [-0.2, -0.15) is 5.10 Å². The molecular formula is C14H22N4O3. The number of aliphatic carboxylic acids is 1. The minimum Gasteiger partial charge on any atom is -0.480 e. The van der Waals surface area contributed by atoms with Crippen LogP contribution in [0.3, 0.4) is 0 Å². The van der Waals surface area contributed by atoms with Crippen LogP contribution in [0.5, 0.6) is 0 Å². The normalized spacial score (nSPS) is 14.7. The van der Waals surface area contributed by atoms with Gasteiger partial charge in [0.15, 0.2) is 0 Å². The Morgan fingerprint density at radius 3 is 2.76 bits per heavy atom. The summed E-state index contributed by atoms with van der Waals surface area (Å²) >= 11 is 0. The van der Waals surface area contributed by atoms with Crippen molar-refractivity contribution in [2.45, 2.75) is 32.7 Å². The zero-order valence-electron chi connectivity index (χ0n) is 12.5. The average molecular weight is 294 g/mol. The van der Waals surface area contributed by atoms with Gasteiger partial charge in [0.25, 0.3) is 0 Å². The standard InChI is InChI=1S/C14H22N4O3/c1-10(2)18-12(5-6-15-18)16-13(19)8-17(9-14(20)21)7-11-3-4-11/h5-6,10-11H,3-4,7-9H2,1-2H3,(H,16,19)(H,20,21). The predicted octanol–water partition coefficient (Wildman–Crippen LogP) is 1.20. The first-order valence-corrected chi connectivity index (χ1v) is 7.23. The highest BCUT2D eigenvalue weighted by Gasteiger charge is 2.26. The van der Waals surface area contributed by atoms with Gasteiger partial charge in [0, 0.05) is 18.7 Å². The molecule has 0 bridgehead atoms. The molecule has 0 radical (unpaired) electrons. The van der Waals surface area contributed by atoms with Crippen molar-refractivity contribution in [2.24, 2.45) is 5.92 Å². The van der Waals surface area contributed by atoms with Crippen molar-refractivity contribution < 1.29 is 14.7 Å². The molecule has 0 aromatic carbocycles. The van der Waals surface area contributed by atoms with Crippen molar-refractivity contribution in [1.29, 1.82) is 0 Å². The van der Waals surface area contributed by atoms with E-state index in [-0.39, 0.29) is 25.0 Å². The lowest BCUT2D eigenvalue weighted by molar-refractivity contribution is -0.138. The first kappa shape index (κ1) is 15.5. The van der Waals surface area contributed by atoms with Crippen molar-refractivity contribution in [3.63, 3.8) is 0 Å². The van der Waals surface area contributed by atoms with Gasteiger partial charge in [-0.15, -0.1) is 0 Å². The van der Waals surface area contributed by atoms with Crippen LogP contribution in [0.2, 0.25) is 0 Å². The number of hydrogen-bond acceptors (Lipinski definition) is 4. The number of rotatable bonds is 8. The molecular weight excluding hydrogens is 272 g/mol. The fraction of sp³-hybridized carbons (Fsp3) is 0.643. The van der Waals surface area contributed by atoms with Gasteiger partial charge in [-0.25, -0.2) is 4.68 Å². The number of aromatic nitrogens is 2. The number of carboxylic acids is 1. The van der Waals surface area contributed by atoms with Gasteiger partial charge in [-0.05, 0) is 32.6 Å². The van der Waals surface area contributed by atoms with Crippen molar-refractivity contribution in [2.75, 3.05) is 25.0 Å². The number of nitrogens with one attached hydrogen (secondary N) is 1. The van der Waals surface area contributed by atoms with Crippen LogP contribution in [0.1, 0.15) is 32.7 Å². The monoisotopic (exact) mass is 294 g/mol. The van der Waals surface area contributed by atoms with Gasteiger partial charge in [0.05, 0.1) is 19.3 Å². The summed E-state index contributed by atoms with van der Waals surface area (Å²) in [6, 6.07) is 1.89. The second-order valence-electron chi connectivity index (χ2n) is 5.81. The van der Waals surface area contributed by atoms with Crippen LogP contribution in [-0.2, 0) is 9.59 Å². The molecule has 116 valence electrons. The molecule has 0 unspecified atom stereocenters. The Kier molecular flexibility index (Phi) is 4.95. The van der Waals surface area contributed by atoms with Crippen LogP contribution in [0.25, 0.3) is 0 Å². The zero-order chi connectivity index (χ0) is 15.4. The summed E-state index contributed by atoms with van der Waals surface area (Å²) < 4.78 is 1.72. The molecule has 1 aliphatic rings. The van der Waals surface area contributed by atoms with Crippen LogP contribution < -0.4 is 5.32 Å². The van der Waals surface area contributed by atoms with E-state index in [1.54, 1.807) is 21.8 Å². The minimum atomic E-state index is -0.907. The molecule has 21 heavy (non-hydrogen) atoms. The smallest absolute Gasteiger partial charge is 0.317 e. The molecule has 0 atom stereocenters. The van der Waals surface area contributed by atoms with E-state index < -0.39 is 5.97 Å². The summed E-state index contributed by atoms with van der Waals surface area (Å²) in [6.07, 6.45) is 3.88. The fourth-order valence-corrected chi connectivity index (χ4v) is 2.25. The van der Waals surface area contributed by atoms with E-state index >= 15 is 0 Å². The molecule has 7 nitrogen and oxygen atoms in total. The molecule has 7 heteroatoms. The number of amides is 1. The lowest BCUT2D eigenvalue weighted by atomic mass is 10.3. The average Bonchev–Trinajstić information content (AvgIpc) is 3.04. The highest BCUT2D eigenvalue weighted by Crippen LogP contribution is 2.29. The van der Waals surface area contributed by atoms with E-state index in [0.29, 0.717) is 18.3 Å². The summed E-state index contributed by atoms with van der Waals surface area (Å²) in [4.78, 5) is 24.6. The van der Waals surface area contributed by atoms with Gasteiger partial charge >= 0.3 is 5.97 Å². The summed E-state index contributed by atoms with van der Waals surface area (Å²) in [6.45, 7) is 4.61. The van der Waals surface area contributed by atoms with Gasteiger partial charge in [0.2, 0.25) is 5.91 Å². The quantitative estimate of drug-likeness (QED) is 0.752. The number of carboxylic acid groups (broad SMARTS) is 1. The molecule has 0 spiro atoms. The van der Waals surface area contributed by atoms with Gasteiger partial charge in [0.1, 0.15) is 5.82 Å². The molecule has 1 heterocycles. The van der Waals surface area contributed by atoms with Crippen LogP contribution in [0.4, 0.5) is 5.82 Å². The van der Waals surface area contributed by atoms with Crippen LogP contribution >= 0.6 is 0 Å². The van der Waals surface area contributed by atoms with Gasteiger partial charge in [-0.3, -0.25) is 14.5 Å². The number of carbonyl (C=O) groups is 2. The van der Waals surface area contributed by atoms with Crippen molar-refractivity contribution >= 4 is 17.7 Å². The molecule has 0 aliphatic heterocycles. The Morgan fingerprint density at radius 2 is 2.19 bits per heavy atom. The number of nitrogens with zero attached hydrogens (tertiary/aromatic N) is 3. The van der Waals surface area contributed by atoms with Crippen molar-refractivity contribution in [1.82, 2.24) is 14.7 Å². The molecule has 1 aromatic rings. The highest BCUT2D eigenvalue weighted by atomic mass is 16.4.